The molecule has 1 aromatic heterocycles. The number of rotatable bonds is 3. The Morgan fingerprint density at radius 1 is 1.37 bits per heavy atom. The van der Waals surface area contributed by atoms with Crippen molar-refractivity contribution in [2.45, 2.75) is 13.0 Å². The van der Waals surface area contributed by atoms with E-state index in [1.54, 1.807) is 18.2 Å². The normalized spacial score (nSPS) is 11.6. The predicted molar refractivity (Wildman–Crippen MR) is 71.8 cm³/mol. The molecule has 0 radical (unpaired) electrons. The van der Waals surface area contributed by atoms with Crippen molar-refractivity contribution in [2.24, 2.45) is 0 Å². The summed E-state index contributed by atoms with van der Waals surface area (Å²) in [5.74, 6) is 0.239. The number of pyridine rings is 1. The Labute approximate surface area is 110 Å². The molecule has 1 unspecified atom stereocenters. The van der Waals surface area contributed by atoms with Gasteiger partial charge in [-0.2, -0.15) is 5.26 Å². The zero-order chi connectivity index (χ0) is 13.8. The van der Waals surface area contributed by atoms with E-state index in [4.69, 9.17) is 11.0 Å². The first-order chi connectivity index (χ1) is 9.10. The van der Waals surface area contributed by atoms with E-state index in [0.717, 1.165) is 5.56 Å². The summed E-state index contributed by atoms with van der Waals surface area (Å²) in [5.41, 5.74) is 7.56. The lowest BCUT2D eigenvalue weighted by Crippen LogP contribution is -2.10. The molecule has 0 amide bonds. The third-order valence-electron chi connectivity index (χ3n) is 2.77. The van der Waals surface area contributed by atoms with E-state index in [9.17, 15) is 4.39 Å². The lowest BCUT2D eigenvalue weighted by Gasteiger charge is -2.16. The Kier molecular flexibility index (Phi) is 3.62. The summed E-state index contributed by atoms with van der Waals surface area (Å²) in [6.45, 7) is 1.92. The number of hydrogen-bond donors (Lipinski definition) is 2. The van der Waals surface area contributed by atoms with Crippen molar-refractivity contribution in [1.82, 2.24) is 4.98 Å². The van der Waals surface area contributed by atoms with Gasteiger partial charge in [-0.3, -0.25) is 0 Å². The minimum absolute atomic E-state index is 0.0664. The predicted octanol–water partition coefficient (Wildman–Crippen LogP) is 2.85. The van der Waals surface area contributed by atoms with Crippen LogP contribution in [0.1, 0.15) is 24.1 Å². The SMILES string of the molecule is CC(Nc1ncc(C#N)cc1N)c1ccc(F)cc1. The first kappa shape index (κ1) is 12.8. The van der Waals surface area contributed by atoms with Gasteiger partial charge in [-0.1, -0.05) is 12.1 Å². The summed E-state index contributed by atoms with van der Waals surface area (Å²) in [5, 5.41) is 11.9. The smallest absolute Gasteiger partial charge is 0.149 e. The van der Waals surface area contributed by atoms with Crippen molar-refractivity contribution in [3.63, 3.8) is 0 Å². The number of hydrogen-bond acceptors (Lipinski definition) is 4. The molecule has 0 saturated carbocycles. The van der Waals surface area contributed by atoms with Crippen molar-refractivity contribution >= 4 is 11.5 Å². The maximum Gasteiger partial charge on any atom is 0.149 e. The summed E-state index contributed by atoms with van der Waals surface area (Å²) < 4.78 is 12.8. The number of nitrogens with two attached hydrogens (primary N) is 1. The van der Waals surface area contributed by atoms with E-state index in [2.05, 4.69) is 10.3 Å². The number of benzene rings is 1. The Hall–Kier alpha value is -2.61. The number of anilines is 2. The summed E-state index contributed by atoms with van der Waals surface area (Å²) in [4.78, 5) is 4.10. The van der Waals surface area contributed by atoms with E-state index < -0.39 is 0 Å². The van der Waals surface area contributed by atoms with E-state index in [1.807, 2.05) is 13.0 Å². The summed E-state index contributed by atoms with van der Waals surface area (Å²) in [6, 6.07) is 9.68. The van der Waals surface area contributed by atoms with Crippen molar-refractivity contribution in [1.29, 1.82) is 5.26 Å². The van der Waals surface area contributed by atoms with Crippen LogP contribution in [-0.4, -0.2) is 4.98 Å². The highest BCUT2D eigenvalue weighted by Crippen LogP contribution is 2.22. The minimum atomic E-state index is -0.271. The molecule has 0 aliphatic carbocycles. The molecule has 3 N–H and O–H groups in total. The van der Waals surface area contributed by atoms with Crippen molar-refractivity contribution in [3.05, 3.63) is 53.5 Å². The van der Waals surface area contributed by atoms with Gasteiger partial charge in [-0.05, 0) is 30.7 Å². The van der Waals surface area contributed by atoms with Crippen LogP contribution in [-0.2, 0) is 0 Å². The lowest BCUT2D eigenvalue weighted by molar-refractivity contribution is 0.626. The molecule has 19 heavy (non-hydrogen) atoms. The van der Waals surface area contributed by atoms with Crippen LogP contribution in [0.2, 0.25) is 0 Å². The lowest BCUT2D eigenvalue weighted by atomic mass is 10.1. The third kappa shape index (κ3) is 2.99. The number of aromatic nitrogens is 1. The number of nitriles is 1. The second-order valence-electron chi connectivity index (χ2n) is 4.19. The van der Waals surface area contributed by atoms with Crippen LogP contribution in [0.4, 0.5) is 15.9 Å². The molecule has 96 valence electrons. The van der Waals surface area contributed by atoms with E-state index in [-0.39, 0.29) is 11.9 Å². The van der Waals surface area contributed by atoms with Gasteiger partial charge in [0.25, 0.3) is 0 Å². The van der Waals surface area contributed by atoms with Crippen LogP contribution >= 0.6 is 0 Å². The molecule has 0 saturated heterocycles. The molecule has 2 aromatic rings. The quantitative estimate of drug-likeness (QED) is 0.885. The van der Waals surface area contributed by atoms with Crippen LogP contribution < -0.4 is 11.1 Å². The zero-order valence-electron chi connectivity index (χ0n) is 10.4. The average molecular weight is 256 g/mol. The third-order valence-corrected chi connectivity index (χ3v) is 2.77. The van der Waals surface area contributed by atoms with Gasteiger partial charge < -0.3 is 11.1 Å². The van der Waals surface area contributed by atoms with Crippen molar-refractivity contribution in [2.75, 3.05) is 11.1 Å². The molecule has 1 aromatic carbocycles. The van der Waals surface area contributed by atoms with Crippen LogP contribution in [0.15, 0.2) is 36.5 Å². The molecule has 0 aliphatic heterocycles. The number of nitrogen functional groups attached to an aromatic ring is 1. The van der Waals surface area contributed by atoms with E-state index in [0.29, 0.717) is 17.1 Å². The molecule has 0 fully saturated rings. The standard InChI is InChI=1S/C14H13FN4/c1-9(11-2-4-12(15)5-3-11)19-14-13(17)6-10(7-16)8-18-14/h2-6,8-9H,17H2,1H3,(H,18,19). The van der Waals surface area contributed by atoms with Crippen LogP contribution in [0, 0.1) is 17.1 Å². The first-order valence-corrected chi connectivity index (χ1v) is 5.78. The zero-order valence-corrected chi connectivity index (χ0v) is 10.4. The van der Waals surface area contributed by atoms with Gasteiger partial charge in [0.05, 0.1) is 17.3 Å². The number of halogens is 1. The Bertz CT molecular complexity index is 616. The van der Waals surface area contributed by atoms with Crippen molar-refractivity contribution < 1.29 is 4.39 Å². The topological polar surface area (TPSA) is 74.7 Å². The molecular weight excluding hydrogens is 243 g/mol. The molecule has 1 atom stereocenters. The van der Waals surface area contributed by atoms with E-state index >= 15 is 0 Å². The molecule has 0 aliphatic rings. The van der Waals surface area contributed by atoms with Crippen molar-refractivity contribution in [3.8, 4) is 6.07 Å². The van der Waals surface area contributed by atoms with Gasteiger partial charge >= 0.3 is 0 Å². The monoisotopic (exact) mass is 256 g/mol. The van der Waals surface area contributed by atoms with Crippen LogP contribution in [0.3, 0.4) is 0 Å². The van der Waals surface area contributed by atoms with Gasteiger partial charge in [-0.15, -0.1) is 0 Å². The summed E-state index contributed by atoms with van der Waals surface area (Å²) in [6.07, 6.45) is 1.45. The second kappa shape index (κ2) is 5.36. The van der Waals surface area contributed by atoms with Crippen LogP contribution in [0.25, 0.3) is 0 Å². The highest BCUT2D eigenvalue weighted by molar-refractivity contribution is 5.63. The fourth-order valence-electron chi connectivity index (χ4n) is 1.70. The molecule has 2 rings (SSSR count). The Morgan fingerprint density at radius 3 is 2.63 bits per heavy atom. The van der Waals surface area contributed by atoms with Gasteiger partial charge in [0.1, 0.15) is 17.7 Å². The van der Waals surface area contributed by atoms with Gasteiger partial charge in [0.2, 0.25) is 0 Å². The van der Waals surface area contributed by atoms with Crippen LogP contribution in [0.5, 0.6) is 0 Å². The maximum absolute atomic E-state index is 12.8. The molecular formula is C14H13FN4. The summed E-state index contributed by atoms with van der Waals surface area (Å²) >= 11 is 0. The number of nitrogens with one attached hydrogen (secondary N) is 1. The maximum atomic E-state index is 12.8. The van der Waals surface area contributed by atoms with E-state index in [1.165, 1.54) is 18.3 Å². The molecule has 0 bridgehead atoms. The second-order valence-corrected chi connectivity index (χ2v) is 4.19. The molecule has 5 heteroatoms. The first-order valence-electron chi connectivity index (χ1n) is 5.78. The van der Waals surface area contributed by atoms with Gasteiger partial charge in [-0.25, -0.2) is 9.37 Å². The average Bonchev–Trinajstić information content (AvgIpc) is 2.41. The highest BCUT2D eigenvalue weighted by Gasteiger charge is 2.09. The molecule has 4 nitrogen and oxygen atoms in total. The fourth-order valence-corrected chi connectivity index (χ4v) is 1.70. The largest absolute Gasteiger partial charge is 0.396 e. The fraction of sp³-hybridized carbons (Fsp3) is 0.143. The Morgan fingerprint density at radius 2 is 2.05 bits per heavy atom. The van der Waals surface area contributed by atoms with Gasteiger partial charge in [0.15, 0.2) is 0 Å². The molecule has 1 heterocycles. The van der Waals surface area contributed by atoms with Gasteiger partial charge in [0, 0.05) is 6.20 Å². The number of nitrogens with zero attached hydrogens (tertiary/aromatic N) is 2. The highest BCUT2D eigenvalue weighted by atomic mass is 19.1. The Balaban J connectivity index is 2.17. The summed E-state index contributed by atoms with van der Waals surface area (Å²) in [7, 11) is 0. The molecule has 0 spiro atoms. The minimum Gasteiger partial charge on any atom is -0.396 e.